The summed E-state index contributed by atoms with van der Waals surface area (Å²) >= 11 is 0. The molecule has 0 bridgehead atoms. The second-order valence-corrected chi connectivity index (χ2v) is 4.28. The van der Waals surface area contributed by atoms with Crippen molar-refractivity contribution in [3.63, 3.8) is 0 Å². The fourth-order valence-corrected chi connectivity index (χ4v) is 1.85. The lowest BCUT2D eigenvalue weighted by Gasteiger charge is -2.24. The summed E-state index contributed by atoms with van der Waals surface area (Å²) in [4.78, 5) is 26.8. The third-order valence-corrected chi connectivity index (χ3v) is 3.05. The van der Waals surface area contributed by atoms with Crippen LogP contribution in [0.3, 0.4) is 0 Å². The Balaban J connectivity index is 2.42. The predicted octanol–water partition coefficient (Wildman–Crippen LogP) is 0.518. The van der Waals surface area contributed by atoms with Crippen LogP contribution in [-0.2, 0) is 9.59 Å². The van der Waals surface area contributed by atoms with Gasteiger partial charge in [-0.3, -0.25) is 9.59 Å². The Labute approximate surface area is 91.2 Å². The lowest BCUT2D eigenvalue weighted by atomic mass is 10.1. The normalized spacial score (nSPS) is 21.7. The van der Waals surface area contributed by atoms with Crippen LogP contribution < -0.4 is 0 Å². The SMILES string of the molecule is CCC(=O)CC(=O)N(C)C1CCN(C)C1. The van der Waals surface area contributed by atoms with Crippen LogP contribution in [0, 0.1) is 0 Å². The number of carbonyl (C=O) groups excluding carboxylic acids is 2. The van der Waals surface area contributed by atoms with E-state index >= 15 is 0 Å². The number of carbonyl (C=O) groups is 2. The minimum Gasteiger partial charge on any atom is -0.341 e. The Hall–Kier alpha value is -0.900. The molecule has 0 aromatic rings. The zero-order chi connectivity index (χ0) is 11.4. The van der Waals surface area contributed by atoms with Gasteiger partial charge in [-0.2, -0.15) is 0 Å². The summed E-state index contributed by atoms with van der Waals surface area (Å²) in [6.07, 6.45) is 1.52. The maximum atomic E-state index is 11.7. The van der Waals surface area contributed by atoms with Crippen molar-refractivity contribution in [1.29, 1.82) is 0 Å². The molecule has 1 heterocycles. The number of amides is 1. The van der Waals surface area contributed by atoms with Crippen LogP contribution in [0.4, 0.5) is 0 Å². The van der Waals surface area contributed by atoms with Gasteiger partial charge in [0.05, 0.1) is 6.42 Å². The molecule has 1 amide bonds. The standard InChI is InChI=1S/C11H20N2O2/c1-4-10(14)7-11(15)13(3)9-5-6-12(2)8-9/h9H,4-8H2,1-3H3. The Morgan fingerprint density at radius 1 is 1.47 bits per heavy atom. The average molecular weight is 212 g/mol. The van der Waals surface area contributed by atoms with Gasteiger partial charge in [0.1, 0.15) is 5.78 Å². The predicted molar refractivity (Wildman–Crippen MR) is 58.6 cm³/mol. The molecule has 0 aromatic carbocycles. The van der Waals surface area contributed by atoms with E-state index in [1.54, 1.807) is 18.9 Å². The first-order valence-electron chi connectivity index (χ1n) is 5.50. The van der Waals surface area contributed by atoms with E-state index in [1.165, 1.54) is 0 Å². The number of hydrogen-bond donors (Lipinski definition) is 0. The average Bonchev–Trinajstić information content (AvgIpc) is 2.63. The summed E-state index contributed by atoms with van der Waals surface area (Å²) in [7, 11) is 3.85. The van der Waals surface area contributed by atoms with E-state index in [2.05, 4.69) is 11.9 Å². The number of rotatable bonds is 4. The molecular formula is C11H20N2O2. The molecular weight excluding hydrogens is 192 g/mol. The second kappa shape index (κ2) is 5.26. The van der Waals surface area contributed by atoms with E-state index in [-0.39, 0.29) is 24.2 Å². The summed E-state index contributed by atoms with van der Waals surface area (Å²) in [5.74, 6) is -0.0136. The van der Waals surface area contributed by atoms with Gasteiger partial charge in [0.2, 0.25) is 5.91 Å². The molecule has 1 atom stereocenters. The summed E-state index contributed by atoms with van der Waals surface area (Å²) in [5.41, 5.74) is 0. The van der Waals surface area contributed by atoms with Crippen molar-refractivity contribution in [2.24, 2.45) is 0 Å². The number of likely N-dealkylation sites (N-methyl/N-ethyl adjacent to an activating group) is 2. The van der Waals surface area contributed by atoms with Crippen LogP contribution in [0.1, 0.15) is 26.2 Å². The van der Waals surface area contributed by atoms with Crippen molar-refractivity contribution in [3.05, 3.63) is 0 Å². The molecule has 0 aromatic heterocycles. The van der Waals surface area contributed by atoms with E-state index in [0.717, 1.165) is 19.5 Å². The van der Waals surface area contributed by atoms with Crippen molar-refractivity contribution in [2.75, 3.05) is 27.2 Å². The van der Waals surface area contributed by atoms with Gasteiger partial charge in [-0.05, 0) is 20.0 Å². The molecule has 4 nitrogen and oxygen atoms in total. The molecule has 4 heteroatoms. The number of ketones is 1. The summed E-state index contributed by atoms with van der Waals surface area (Å²) in [5, 5.41) is 0. The quantitative estimate of drug-likeness (QED) is 0.638. The highest BCUT2D eigenvalue weighted by atomic mass is 16.2. The lowest BCUT2D eigenvalue weighted by molar-refractivity contribution is -0.135. The molecule has 86 valence electrons. The van der Waals surface area contributed by atoms with Gasteiger partial charge >= 0.3 is 0 Å². The van der Waals surface area contributed by atoms with Gasteiger partial charge in [-0.15, -0.1) is 0 Å². The van der Waals surface area contributed by atoms with E-state index in [4.69, 9.17) is 0 Å². The lowest BCUT2D eigenvalue weighted by Crippen LogP contribution is -2.39. The molecule has 0 radical (unpaired) electrons. The highest BCUT2D eigenvalue weighted by Crippen LogP contribution is 2.13. The molecule has 0 saturated carbocycles. The third kappa shape index (κ3) is 3.30. The Morgan fingerprint density at radius 3 is 2.60 bits per heavy atom. The van der Waals surface area contributed by atoms with Crippen LogP contribution in [0.15, 0.2) is 0 Å². The number of nitrogens with zero attached hydrogens (tertiary/aromatic N) is 2. The molecule has 0 N–H and O–H groups in total. The van der Waals surface area contributed by atoms with Crippen LogP contribution in [0.2, 0.25) is 0 Å². The molecule has 0 spiro atoms. The van der Waals surface area contributed by atoms with Crippen molar-refractivity contribution in [2.45, 2.75) is 32.2 Å². The van der Waals surface area contributed by atoms with Crippen LogP contribution in [0.5, 0.6) is 0 Å². The monoisotopic (exact) mass is 212 g/mol. The van der Waals surface area contributed by atoms with E-state index < -0.39 is 0 Å². The largest absolute Gasteiger partial charge is 0.341 e. The van der Waals surface area contributed by atoms with Gasteiger partial charge in [-0.25, -0.2) is 0 Å². The Bertz CT molecular complexity index is 253. The molecule has 0 aliphatic carbocycles. The molecule has 1 aliphatic rings. The molecule has 1 saturated heterocycles. The van der Waals surface area contributed by atoms with Gasteiger partial charge in [0, 0.05) is 26.1 Å². The summed E-state index contributed by atoms with van der Waals surface area (Å²) in [6, 6.07) is 0.284. The van der Waals surface area contributed by atoms with E-state index in [0.29, 0.717) is 6.42 Å². The van der Waals surface area contributed by atoms with Crippen LogP contribution in [-0.4, -0.2) is 54.7 Å². The number of Topliss-reactive ketones (excluding diaryl/α,β-unsaturated/α-hetero) is 1. The van der Waals surface area contributed by atoms with Gasteiger partial charge in [0.15, 0.2) is 0 Å². The van der Waals surface area contributed by atoms with Crippen molar-refractivity contribution < 1.29 is 9.59 Å². The molecule has 1 fully saturated rings. The summed E-state index contributed by atoms with van der Waals surface area (Å²) < 4.78 is 0. The highest BCUT2D eigenvalue weighted by molar-refractivity contribution is 5.97. The van der Waals surface area contributed by atoms with Crippen molar-refractivity contribution in [1.82, 2.24) is 9.80 Å². The van der Waals surface area contributed by atoms with Crippen molar-refractivity contribution in [3.8, 4) is 0 Å². The Kier molecular flexibility index (Phi) is 4.27. The maximum absolute atomic E-state index is 11.7. The maximum Gasteiger partial charge on any atom is 0.230 e. The zero-order valence-corrected chi connectivity index (χ0v) is 9.82. The first-order valence-corrected chi connectivity index (χ1v) is 5.50. The molecule has 1 unspecified atom stereocenters. The first-order chi connectivity index (χ1) is 7.04. The minimum atomic E-state index is -0.0397. The van der Waals surface area contributed by atoms with E-state index in [1.807, 2.05) is 0 Å². The second-order valence-electron chi connectivity index (χ2n) is 4.28. The first kappa shape index (κ1) is 12.2. The molecule has 1 rings (SSSR count). The topological polar surface area (TPSA) is 40.6 Å². The fourth-order valence-electron chi connectivity index (χ4n) is 1.85. The highest BCUT2D eigenvalue weighted by Gasteiger charge is 2.26. The van der Waals surface area contributed by atoms with Gasteiger partial charge < -0.3 is 9.80 Å². The molecule has 15 heavy (non-hydrogen) atoms. The zero-order valence-electron chi connectivity index (χ0n) is 9.82. The van der Waals surface area contributed by atoms with Crippen LogP contribution in [0.25, 0.3) is 0 Å². The minimum absolute atomic E-state index is 0.0261. The smallest absolute Gasteiger partial charge is 0.230 e. The fraction of sp³-hybridized carbons (Fsp3) is 0.818. The number of likely N-dealkylation sites (tertiary alicyclic amines) is 1. The molecule has 1 aliphatic heterocycles. The summed E-state index contributed by atoms with van der Waals surface area (Å²) in [6.45, 7) is 3.74. The van der Waals surface area contributed by atoms with Gasteiger partial charge in [0.25, 0.3) is 0 Å². The van der Waals surface area contributed by atoms with Crippen molar-refractivity contribution >= 4 is 11.7 Å². The van der Waals surface area contributed by atoms with Gasteiger partial charge in [-0.1, -0.05) is 6.92 Å². The Morgan fingerprint density at radius 2 is 2.13 bits per heavy atom. The van der Waals surface area contributed by atoms with Crippen LogP contribution >= 0.6 is 0 Å². The van der Waals surface area contributed by atoms with E-state index in [9.17, 15) is 9.59 Å². The number of hydrogen-bond acceptors (Lipinski definition) is 3. The third-order valence-electron chi connectivity index (χ3n) is 3.05.